The van der Waals surface area contributed by atoms with Crippen LogP contribution in [0.2, 0.25) is 0 Å². The van der Waals surface area contributed by atoms with E-state index in [9.17, 15) is 9.18 Å². The molecule has 90 valence electrons. The maximum Gasteiger partial charge on any atom is 0.161 e. The molecule has 0 radical (unpaired) electrons. The molecule has 0 aliphatic carbocycles. The van der Waals surface area contributed by atoms with Crippen LogP contribution in [0.3, 0.4) is 0 Å². The van der Waals surface area contributed by atoms with Gasteiger partial charge in [-0.15, -0.1) is 0 Å². The van der Waals surface area contributed by atoms with E-state index in [0.717, 1.165) is 0 Å². The quantitative estimate of drug-likeness (QED) is 0.594. The van der Waals surface area contributed by atoms with Gasteiger partial charge < -0.3 is 0 Å². The molecule has 0 aliphatic heterocycles. The van der Waals surface area contributed by atoms with Gasteiger partial charge in [0.15, 0.2) is 5.78 Å². The van der Waals surface area contributed by atoms with Crippen molar-refractivity contribution in [2.45, 2.75) is 6.92 Å². The van der Waals surface area contributed by atoms with Gasteiger partial charge in [0.2, 0.25) is 0 Å². The summed E-state index contributed by atoms with van der Waals surface area (Å²) in [6.07, 6.45) is 1.43. The van der Waals surface area contributed by atoms with Crippen molar-refractivity contribution >= 4 is 17.7 Å². The monoisotopic (exact) mass is 241 g/mol. The molecule has 0 saturated heterocycles. The van der Waals surface area contributed by atoms with Crippen LogP contribution in [-0.2, 0) is 0 Å². The maximum absolute atomic E-state index is 13.4. The highest BCUT2D eigenvalue weighted by Gasteiger charge is 2.04. The van der Waals surface area contributed by atoms with E-state index in [-0.39, 0.29) is 11.6 Å². The van der Waals surface area contributed by atoms with Crippen LogP contribution in [0.4, 0.5) is 10.1 Å². The van der Waals surface area contributed by atoms with Crippen molar-refractivity contribution in [1.82, 2.24) is 0 Å². The average Bonchev–Trinajstić information content (AvgIpc) is 2.38. The second-order valence-corrected chi connectivity index (χ2v) is 3.85. The molecule has 0 fully saturated rings. The molecule has 0 bridgehead atoms. The predicted octanol–water partition coefficient (Wildman–Crippen LogP) is 3.78. The summed E-state index contributed by atoms with van der Waals surface area (Å²) in [7, 11) is 0. The Kier molecular flexibility index (Phi) is 3.63. The van der Waals surface area contributed by atoms with Gasteiger partial charge in [-0.2, -0.15) is 0 Å². The molecule has 2 nitrogen and oxygen atoms in total. The van der Waals surface area contributed by atoms with Gasteiger partial charge in [0, 0.05) is 17.3 Å². The Bertz CT molecular complexity index is 605. The Balaban J connectivity index is 2.35. The molecule has 0 heterocycles. The Morgan fingerprint density at radius 1 is 1.11 bits per heavy atom. The molecule has 2 aromatic rings. The summed E-state index contributed by atoms with van der Waals surface area (Å²) in [4.78, 5) is 15.6. The lowest BCUT2D eigenvalue weighted by atomic mass is 10.1. The summed E-state index contributed by atoms with van der Waals surface area (Å²) < 4.78 is 13.4. The number of halogens is 1. The molecule has 0 saturated carbocycles. The number of hydrogen-bond donors (Lipinski definition) is 0. The minimum Gasteiger partial charge on any atom is -0.294 e. The zero-order valence-corrected chi connectivity index (χ0v) is 9.93. The molecule has 18 heavy (non-hydrogen) atoms. The first-order chi connectivity index (χ1) is 8.68. The first-order valence-electron chi connectivity index (χ1n) is 5.57. The van der Waals surface area contributed by atoms with Gasteiger partial charge in [0.25, 0.3) is 0 Å². The van der Waals surface area contributed by atoms with Crippen LogP contribution in [0.15, 0.2) is 53.5 Å². The summed E-state index contributed by atoms with van der Waals surface area (Å²) in [6, 6.07) is 13.4. The topological polar surface area (TPSA) is 29.4 Å². The number of nitrogens with zero attached hydrogens (tertiary/aromatic N) is 1. The highest BCUT2D eigenvalue weighted by atomic mass is 19.1. The number of para-hydroxylation sites is 1. The van der Waals surface area contributed by atoms with Gasteiger partial charge in [-0.1, -0.05) is 30.3 Å². The number of Topliss-reactive ketones (excluding diaryl/α,β-unsaturated/α-hetero) is 1. The van der Waals surface area contributed by atoms with Crippen molar-refractivity contribution < 1.29 is 9.18 Å². The van der Waals surface area contributed by atoms with Crippen LogP contribution in [-0.4, -0.2) is 12.0 Å². The molecule has 3 heteroatoms. The van der Waals surface area contributed by atoms with Crippen molar-refractivity contribution in [3.8, 4) is 0 Å². The van der Waals surface area contributed by atoms with E-state index in [1.807, 2.05) is 0 Å². The fourth-order valence-corrected chi connectivity index (χ4v) is 1.60. The van der Waals surface area contributed by atoms with Crippen molar-refractivity contribution in [2.75, 3.05) is 0 Å². The molecule has 2 aromatic carbocycles. The molecule has 0 N–H and O–H groups in total. The Morgan fingerprint density at radius 3 is 2.50 bits per heavy atom. The number of hydrogen-bond acceptors (Lipinski definition) is 2. The molecule has 0 amide bonds. The van der Waals surface area contributed by atoms with Gasteiger partial charge in [0.1, 0.15) is 5.82 Å². The molecular weight excluding hydrogens is 229 g/mol. The van der Waals surface area contributed by atoms with E-state index in [1.54, 1.807) is 42.5 Å². The van der Waals surface area contributed by atoms with Gasteiger partial charge in [-0.05, 0) is 25.1 Å². The van der Waals surface area contributed by atoms with Crippen molar-refractivity contribution in [3.63, 3.8) is 0 Å². The SMILES string of the molecule is CC(=O)c1ccccc1N=Cc1ccccc1F. The van der Waals surface area contributed by atoms with E-state index in [2.05, 4.69) is 4.99 Å². The van der Waals surface area contributed by atoms with E-state index in [0.29, 0.717) is 16.8 Å². The lowest BCUT2D eigenvalue weighted by Crippen LogP contribution is -1.92. The third kappa shape index (κ3) is 2.69. The Morgan fingerprint density at radius 2 is 1.78 bits per heavy atom. The fraction of sp³-hybridized carbons (Fsp3) is 0.0667. The molecule has 0 aliphatic rings. The van der Waals surface area contributed by atoms with Crippen molar-refractivity contribution in [1.29, 1.82) is 0 Å². The number of carbonyl (C=O) groups is 1. The lowest BCUT2D eigenvalue weighted by molar-refractivity contribution is 0.101. The Hall–Kier alpha value is -2.29. The third-order valence-corrected chi connectivity index (χ3v) is 2.53. The number of rotatable bonds is 3. The normalized spacial score (nSPS) is 10.8. The smallest absolute Gasteiger partial charge is 0.161 e. The average molecular weight is 241 g/mol. The second-order valence-electron chi connectivity index (χ2n) is 3.85. The van der Waals surface area contributed by atoms with Crippen molar-refractivity contribution in [3.05, 3.63) is 65.5 Å². The minimum absolute atomic E-state index is 0.0590. The highest BCUT2D eigenvalue weighted by molar-refractivity contribution is 5.99. The molecule has 0 unspecified atom stereocenters. The van der Waals surface area contributed by atoms with Crippen LogP contribution in [0, 0.1) is 5.82 Å². The van der Waals surface area contributed by atoms with Crippen molar-refractivity contribution in [2.24, 2.45) is 4.99 Å². The fourth-order valence-electron chi connectivity index (χ4n) is 1.60. The first-order valence-corrected chi connectivity index (χ1v) is 5.57. The number of aliphatic imine (C=N–C) groups is 1. The summed E-state index contributed by atoms with van der Waals surface area (Å²) >= 11 is 0. The molecule has 2 rings (SSSR count). The van der Waals surface area contributed by atoms with Crippen LogP contribution in [0.25, 0.3) is 0 Å². The zero-order chi connectivity index (χ0) is 13.0. The number of benzene rings is 2. The van der Waals surface area contributed by atoms with Crippen LogP contribution >= 0.6 is 0 Å². The van der Waals surface area contributed by atoms with E-state index >= 15 is 0 Å². The minimum atomic E-state index is -0.332. The second kappa shape index (κ2) is 5.36. The van der Waals surface area contributed by atoms with Gasteiger partial charge >= 0.3 is 0 Å². The number of carbonyl (C=O) groups excluding carboxylic acids is 1. The van der Waals surface area contributed by atoms with E-state index in [4.69, 9.17) is 0 Å². The number of ketones is 1. The summed E-state index contributed by atoms with van der Waals surface area (Å²) in [5.74, 6) is -0.391. The van der Waals surface area contributed by atoms with E-state index in [1.165, 1.54) is 19.2 Å². The summed E-state index contributed by atoms with van der Waals surface area (Å²) in [6.45, 7) is 1.48. The molecule has 0 atom stereocenters. The van der Waals surface area contributed by atoms with Gasteiger partial charge in [0.05, 0.1) is 5.69 Å². The molecule has 0 aromatic heterocycles. The van der Waals surface area contributed by atoms with Crippen LogP contribution in [0.1, 0.15) is 22.8 Å². The predicted molar refractivity (Wildman–Crippen MR) is 70.1 cm³/mol. The molecule has 0 spiro atoms. The maximum atomic E-state index is 13.4. The largest absolute Gasteiger partial charge is 0.294 e. The van der Waals surface area contributed by atoms with Gasteiger partial charge in [-0.3, -0.25) is 9.79 Å². The van der Waals surface area contributed by atoms with Gasteiger partial charge in [-0.25, -0.2) is 4.39 Å². The lowest BCUT2D eigenvalue weighted by Gasteiger charge is -2.01. The van der Waals surface area contributed by atoms with Crippen LogP contribution in [0.5, 0.6) is 0 Å². The first kappa shape index (κ1) is 12.2. The Labute approximate surface area is 105 Å². The summed E-state index contributed by atoms with van der Waals surface area (Å²) in [5.41, 5.74) is 1.48. The highest BCUT2D eigenvalue weighted by Crippen LogP contribution is 2.19. The van der Waals surface area contributed by atoms with Crippen LogP contribution < -0.4 is 0 Å². The standard InChI is InChI=1S/C15H12FNO/c1-11(18)13-7-3-5-9-15(13)17-10-12-6-2-4-8-14(12)16/h2-10H,1H3. The molecular formula is C15H12FNO. The third-order valence-electron chi connectivity index (χ3n) is 2.53. The zero-order valence-electron chi connectivity index (χ0n) is 9.93. The van der Waals surface area contributed by atoms with E-state index < -0.39 is 0 Å². The summed E-state index contributed by atoms with van der Waals surface area (Å²) in [5, 5.41) is 0.